The number of ether oxygens (including phenoxy) is 1. The number of imidazole rings is 1. The van der Waals surface area contributed by atoms with Crippen molar-refractivity contribution in [2.45, 2.75) is 62.1 Å². The van der Waals surface area contributed by atoms with E-state index in [-0.39, 0.29) is 36.2 Å². The van der Waals surface area contributed by atoms with Gasteiger partial charge >= 0.3 is 6.18 Å². The van der Waals surface area contributed by atoms with E-state index in [2.05, 4.69) is 25.6 Å². The van der Waals surface area contributed by atoms with Crippen molar-refractivity contribution in [3.8, 4) is 0 Å². The number of aromatic nitrogens is 4. The van der Waals surface area contributed by atoms with Gasteiger partial charge in [0.1, 0.15) is 18.5 Å². The molecule has 40 heavy (non-hydrogen) atoms. The number of alkyl halides is 3. The number of amides is 2. The quantitative estimate of drug-likeness (QED) is 0.186. The van der Waals surface area contributed by atoms with E-state index in [1.54, 1.807) is 30.3 Å². The van der Waals surface area contributed by atoms with Crippen molar-refractivity contribution in [1.82, 2.24) is 24.8 Å². The Morgan fingerprint density at radius 2 is 1.82 bits per heavy atom. The summed E-state index contributed by atoms with van der Waals surface area (Å²) >= 11 is 0. The van der Waals surface area contributed by atoms with E-state index in [0.717, 1.165) is 0 Å². The zero-order valence-corrected chi connectivity index (χ0v) is 21.0. The van der Waals surface area contributed by atoms with Crippen LogP contribution in [0.1, 0.15) is 35.8 Å². The maximum atomic E-state index is 12.9. The fourth-order valence-electron chi connectivity index (χ4n) is 4.42. The van der Waals surface area contributed by atoms with Crippen LogP contribution in [0.2, 0.25) is 0 Å². The predicted octanol–water partition coefficient (Wildman–Crippen LogP) is 0.201. The first kappa shape index (κ1) is 29.3. The molecule has 16 heteroatoms. The summed E-state index contributed by atoms with van der Waals surface area (Å²) in [5.74, 6) is -1.13. The average Bonchev–Trinajstić information content (AvgIpc) is 3.46. The fourth-order valence-corrected chi connectivity index (χ4v) is 4.42. The average molecular weight is 567 g/mol. The molecule has 1 fully saturated rings. The normalized spacial score (nSPS) is 22.8. The summed E-state index contributed by atoms with van der Waals surface area (Å²) in [5.41, 5.74) is 11.5. The van der Waals surface area contributed by atoms with E-state index < -0.39 is 61.2 Å². The molecule has 0 radical (unpaired) electrons. The molecule has 8 N–H and O–H groups in total. The number of benzene rings is 1. The topological polar surface area (TPSA) is 204 Å². The number of nitrogens with one attached hydrogen (secondary N) is 2. The van der Waals surface area contributed by atoms with Crippen LogP contribution in [0.5, 0.6) is 0 Å². The lowest BCUT2D eigenvalue weighted by atomic mass is 9.97. The third-order valence-electron chi connectivity index (χ3n) is 6.54. The highest BCUT2D eigenvalue weighted by Crippen LogP contribution is 2.34. The molecule has 2 amide bonds. The molecule has 1 unspecified atom stereocenters. The van der Waals surface area contributed by atoms with Gasteiger partial charge in [-0.2, -0.15) is 13.2 Å². The van der Waals surface area contributed by atoms with Gasteiger partial charge in [0.15, 0.2) is 23.2 Å². The number of rotatable bonds is 11. The molecule has 1 aliphatic heterocycles. The third kappa shape index (κ3) is 6.89. The van der Waals surface area contributed by atoms with Gasteiger partial charge in [-0.15, -0.1) is 0 Å². The predicted molar refractivity (Wildman–Crippen MR) is 135 cm³/mol. The molecule has 0 bridgehead atoms. The summed E-state index contributed by atoms with van der Waals surface area (Å²) in [6.45, 7) is -1.32. The molecule has 6 atom stereocenters. The fraction of sp³-hybridized carbons (Fsp3) is 0.458. The molecular formula is C24H29F3N8O5. The number of hydrogen-bond donors (Lipinski definition) is 6. The minimum atomic E-state index is -4.51. The van der Waals surface area contributed by atoms with Crippen LogP contribution >= 0.6 is 0 Å². The number of hydrogen-bond acceptors (Lipinski definition) is 10. The smallest absolute Gasteiger partial charge is 0.388 e. The van der Waals surface area contributed by atoms with Gasteiger partial charge in [-0.25, -0.2) is 15.0 Å². The van der Waals surface area contributed by atoms with Crippen molar-refractivity contribution in [2.75, 3.05) is 11.9 Å². The van der Waals surface area contributed by atoms with Gasteiger partial charge in [-0.1, -0.05) is 18.2 Å². The highest BCUT2D eigenvalue weighted by atomic mass is 19.4. The summed E-state index contributed by atoms with van der Waals surface area (Å²) in [5, 5.41) is 26.5. The van der Waals surface area contributed by atoms with E-state index in [4.69, 9.17) is 16.2 Å². The van der Waals surface area contributed by atoms with Crippen LogP contribution in [0.3, 0.4) is 0 Å². The van der Waals surface area contributed by atoms with Gasteiger partial charge in [-0.3, -0.25) is 14.2 Å². The van der Waals surface area contributed by atoms with Gasteiger partial charge in [-0.05, 0) is 31.4 Å². The first-order valence-corrected chi connectivity index (χ1v) is 12.3. The van der Waals surface area contributed by atoms with Crippen molar-refractivity contribution in [3.63, 3.8) is 0 Å². The molecule has 3 aromatic rings. The first-order valence-electron chi connectivity index (χ1n) is 12.3. The molecule has 13 nitrogen and oxygen atoms in total. The number of carbonyl (C=O) groups excluding carboxylic acids is 2. The Morgan fingerprint density at radius 3 is 2.50 bits per heavy atom. The van der Waals surface area contributed by atoms with Gasteiger partial charge in [0, 0.05) is 11.6 Å². The van der Waals surface area contributed by atoms with E-state index >= 15 is 0 Å². The summed E-state index contributed by atoms with van der Waals surface area (Å²) in [6, 6.07) is 6.48. The number of aliphatic hydroxyl groups excluding tert-OH is 2. The molecule has 216 valence electrons. The van der Waals surface area contributed by atoms with Crippen molar-refractivity contribution in [2.24, 2.45) is 11.5 Å². The number of fused-ring (bicyclic) bond motifs is 1. The molecular weight excluding hydrogens is 537 g/mol. The minimum Gasteiger partial charge on any atom is -0.388 e. The Kier molecular flexibility index (Phi) is 8.95. The van der Waals surface area contributed by atoms with Crippen molar-refractivity contribution in [3.05, 3.63) is 48.5 Å². The summed E-state index contributed by atoms with van der Waals surface area (Å²) in [4.78, 5) is 36.3. The third-order valence-corrected chi connectivity index (χ3v) is 6.54. The Labute approximate surface area is 225 Å². The van der Waals surface area contributed by atoms with E-state index in [0.29, 0.717) is 5.56 Å². The van der Waals surface area contributed by atoms with Crippen LogP contribution in [0.4, 0.5) is 19.0 Å². The largest absolute Gasteiger partial charge is 0.401 e. The highest BCUT2D eigenvalue weighted by molar-refractivity contribution is 6.06. The Bertz CT molecular complexity index is 1320. The SMILES string of the molecule is NC(=O)[C@@H](N)CC[C@@H](C[C@H]1O[C@@H](n2cnc3c(NC(=O)c4ccccc4)ncnc32)[C@@H](O)C1O)NCC(F)(F)F. The van der Waals surface area contributed by atoms with Gasteiger partial charge in [0.25, 0.3) is 5.91 Å². The lowest BCUT2D eigenvalue weighted by Gasteiger charge is -2.25. The number of halogens is 3. The van der Waals surface area contributed by atoms with Gasteiger partial charge in [0.05, 0.1) is 25.0 Å². The molecule has 1 saturated heterocycles. The first-order chi connectivity index (χ1) is 18.9. The lowest BCUT2D eigenvalue weighted by molar-refractivity contribution is -0.127. The second kappa shape index (κ2) is 12.2. The van der Waals surface area contributed by atoms with Crippen molar-refractivity contribution in [1.29, 1.82) is 0 Å². The monoisotopic (exact) mass is 566 g/mol. The Hall–Kier alpha value is -3.70. The van der Waals surface area contributed by atoms with Crippen LogP contribution in [0.25, 0.3) is 11.2 Å². The highest BCUT2D eigenvalue weighted by Gasteiger charge is 2.45. The van der Waals surface area contributed by atoms with Crippen molar-refractivity contribution < 1.29 is 37.7 Å². The zero-order valence-electron chi connectivity index (χ0n) is 21.0. The maximum absolute atomic E-state index is 12.9. The summed E-state index contributed by atoms with van der Waals surface area (Å²) < 4.78 is 45.8. The number of nitrogens with two attached hydrogens (primary N) is 2. The summed E-state index contributed by atoms with van der Waals surface area (Å²) in [6.07, 6.45) is -7.42. The second-order valence-electron chi connectivity index (χ2n) is 9.43. The minimum absolute atomic E-state index is 0.000209. The molecule has 0 aliphatic carbocycles. The van der Waals surface area contributed by atoms with Crippen LogP contribution in [0, 0.1) is 0 Å². The molecule has 2 aromatic heterocycles. The van der Waals surface area contributed by atoms with Crippen LogP contribution < -0.4 is 22.1 Å². The van der Waals surface area contributed by atoms with E-state index in [9.17, 15) is 33.0 Å². The second-order valence-corrected chi connectivity index (χ2v) is 9.43. The Balaban J connectivity index is 1.50. The zero-order chi connectivity index (χ0) is 29.0. The maximum Gasteiger partial charge on any atom is 0.401 e. The molecule has 4 rings (SSSR count). The van der Waals surface area contributed by atoms with Crippen LogP contribution in [-0.2, 0) is 9.53 Å². The standard InChI is InChI=1S/C24H29F3N8O5/c25-24(26,27)9-30-13(6-7-14(28)19(29)38)8-15-17(36)18(37)23(40-15)35-11-33-16-20(31-10-32-21(16)35)34-22(39)12-4-2-1-3-5-12/h1-5,10-11,13-15,17-18,23,30,36-37H,6-9,28H2,(H2,29,38)(H,31,32,34,39)/t13-,14-,15+,17?,18-,23+/m0/s1. The molecule has 0 saturated carbocycles. The number of anilines is 1. The molecule has 0 spiro atoms. The van der Waals surface area contributed by atoms with E-state index in [1.165, 1.54) is 17.2 Å². The van der Waals surface area contributed by atoms with E-state index in [1.807, 2.05) is 0 Å². The molecule has 1 aliphatic rings. The number of primary amides is 1. The lowest BCUT2D eigenvalue weighted by Crippen LogP contribution is -2.43. The summed E-state index contributed by atoms with van der Waals surface area (Å²) in [7, 11) is 0. The van der Waals surface area contributed by atoms with Gasteiger partial charge in [0.2, 0.25) is 5.91 Å². The number of carbonyl (C=O) groups is 2. The van der Waals surface area contributed by atoms with Crippen LogP contribution in [0.15, 0.2) is 43.0 Å². The molecule has 1 aromatic carbocycles. The van der Waals surface area contributed by atoms with Crippen molar-refractivity contribution >= 4 is 28.8 Å². The van der Waals surface area contributed by atoms with Gasteiger partial charge < -0.3 is 37.1 Å². The molecule has 3 heterocycles. The Morgan fingerprint density at radius 1 is 1.10 bits per heavy atom. The number of nitrogens with zero attached hydrogens (tertiary/aromatic N) is 4. The van der Waals surface area contributed by atoms with Crippen LogP contribution in [-0.4, -0.2) is 84.7 Å². The number of aliphatic hydroxyl groups is 2.